The van der Waals surface area contributed by atoms with Crippen LogP contribution in [-0.2, 0) is 19.1 Å². The minimum Gasteiger partial charge on any atom is -0.466 e. The second-order valence-corrected chi connectivity index (χ2v) is 9.56. The summed E-state index contributed by atoms with van der Waals surface area (Å²) in [7, 11) is 0. The number of hydrogen-bond donors (Lipinski definition) is 2. The summed E-state index contributed by atoms with van der Waals surface area (Å²) in [5, 5.41) is 17.3. The second kappa shape index (κ2) is 24.3. The highest BCUT2D eigenvalue weighted by molar-refractivity contribution is 5.70. The number of alkyl halides is 6. The van der Waals surface area contributed by atoms with Gasteiger partial charge in [-0.3, -0.25) is 9.59 Å². The highest BCUT2D eigenvalue weighted by Gasteiger charge is 2.40. The Morgan fingerprint density at radius 3 is 1.05 bits per heavy atom. The van der Waals surface area contributed by atoms with Gasteiger partial charge in [-0.2, -0.15) is 26.3 Å². The van der Waals surface area contributed by atoms with E-state index in [9.17, 15) is 35.9 Å². The number of carbonyl (C=O) groups is 2. The van der Waals surface area contributed by atoms with Gasteiger partial charge in [-0.1, -0.05) is 97.3 Å². The van der Waals surface area contributed by atoms with E-state index in [0.717, 1.165) is 38.5 Å². The molecular weight excluding hydrogens is 534 g/mol. The standard InChI is InChI=1S/C14H25F3O3.C13H23F3O3/c1-2-3-4-5-6-7-8-9-10-20-13(19)11-12(18)14(15,16)17;1-2-3-4-5-6-7-8-9-19-12(18)10-11(17)13(14,15)16/h12,18H,2-11H2,1H3;11,17H,2-10H2,1H3. The number of halogens is 6. The average molecular weight is 583 g/mol. The Hall–Kier alpha value is -1.56. The van der Waals surface area contributed by atoms with Crippen molar-refractivity contribution in [2.24, 2.45) is 0 Å². The molecule has 0 aromatic rings. The van der Waals surface area contributed by atoms with Gasteiger partial charge in [0.05, 0.1) is 26.1 Å². The maximum absolute atomic E-state index is 12.0. The predicted octanol–water partition coefficient (Wildman–Crippen LogP) is 7.58. The smallest absolute Gasteiger partial charge is 0.414 e. The fourth-order valence-corrected chi connectivity index (χ4v) is 3.33. The van der Waals surface area contributed by atoms with Gasteiger partial charge in [-0.05, 0) is 12.8 Å². The van der Waals surface area contributed by atoms with E-state index in [1.807, 2.05) is 0 Å². The van der Waals surface area contributed by atoms with Crippen LogP contribution >= 0.6 is 0 Å². The van der Waals surface area contributed by atoms with Crippen LogP contribution in [0.4, 0.5) is 26.3 Å². The van der Waals surface area contributed by atoms with Crippen LogP contribution in [0.5, 0.6) is 0 Å². The number of ether oxygens (including phenoxy) is 2. The van der Waals surface area contributed by atoms with E-state index in [2.05, 4.69) is 23.3 Å². The number of hydrogen-bond acceptors (Lipinski definition) is 6. The molecule has 2 N–H and O–H groups in total. The third-order valence-corrected chi connectivity index (χ3v) is 5.75. The van der Waals surface area contributed by atoms with E-state index in [4.69, 9.17) is 10.2 Å². The molecule has 2 atom stereocenters. The van der Waals surface area contributed by atoms with Crippen LogP contribution in [0.25, 0.3) is 0 Å². The molecule has 0 aromatic heterocycles. The van der Waals surface area contributed by atoms with Crippen molar-refractivity contribution in [1.82, 2.24) is 0 Å². The molecule has 234 valence electrons. The Labute approximate surface area is 228 Å². The van der Waals surface area contributed by atoms with Crippen molar-refractivity contribution in [3.05, 3.63) is 0 Å². The van der Waals surface area contributed by atoms with Gasteiger partial charge in [0, 0.05) is 0 Å². The number of aliphatic hydroxyl groups is 2. The van der Waals surface area contributed by atoms with Crippen molar-refractivity contribution in [3.63, 3.8) is 0 Å². The lowest BCUT2D eigenvalue weighted by Crippen LogP contribution is -2.31. The summed E-state index contributed by atoms with van der Waals surface area (Å²) in [4.78, 5) is 22.0. The van der Waals surface area contributed by atoms with Crippen LogP contribution in [0.3, 0.4) is 0 Å². The minimum atomic E-state index is -4.77. The Balaban J connectivity index is 0. The summed E-state index contributed by atoms with van der Waals surface area (Å²) in [5.41, 5.74) is 0. The first kappa shape index (κ1) is 39.6. The first-order valence-electron chi connectivity index (χ1n) is 14.1. The van der Waals surface area contributed by atoms with E-state index in [0.29, 0.717) is 12.8 Å². The summed E-state index contributed by atoms with van der Waals surface area (Å²) in [6, 6.07) is 0. The maximum Gasteiger partial charge on any atom is 0.414 e. The Morgan fingerprint density at radius 1 is 0.538 bits per heavy atom. The normalized spacial score (nSPS) is 13.3. The van der Waals surface area contributed by atoms with E-state index in [1.165, 1.54) is 44.9 Å². The number of carbonyl (C=O) groups excluding carboxylic acids is 2. The molecule has 0 bridgehead atoms. The fraction of sp³-hybridized carbons (Fsp3) is 0.926. The quantitative estimate of drug-likeness (QED) is 0.0824. The van der Waals surface area contributed by atoms with Gasteiger partial charge in [0.25, 0.3) is 0 Å². The second-order valence-electron chi connectivity index (χ2n) is 9.56. The number of aliphatic hydroxyl groups excluding tert-OH is 2. The van der Waals surface area contributed by atoms with Crippen LogP contribution < -0.4 is 0 Å². The highest BCUT2D eigenvalue weighted by Crippen LogP contribution is 2.23. The molecule has 39 heavy (non-hydrogen) atoms. The molecule has 0 aromatic carbocycles. The summed E-state index contributed by atoms with van der Waals surface area (Å²) in [6.07, 6.45) is -0.895. The Kier molecular flexibility index (Phi) is 24.6. The summed E-state index contributed by atoms with van der Waals surface area (Å²) in [5.74, 6) is -2.01. The Bertz CT molecular complexity index is 598. The van der Waals surface area contributed by atoms with Crippen molar-refractivity contribution in [3.8, 4) is 0 Å². The zero-order chi connectivity index (χ0) is 30.2. The molecule has 0 aliphatic rings. The van der Waals surface area contributed by atoms with Gasteiger partial charge in [-0.25, -0.2) is 0 Å². The molecule has 0 heterocycles. The average Bonchev–Trinajstić information content (AvgIpc) is 2.83. The molecule has 0 rings (SSSR count). The fourth-order valence-electron chi connectivity index (χ4n) is 3.33. The molecule has 0 spiro atoms. The summed E-state index contributed by atoms with van der Waals surface area (Å²) < 4.78 is 81.0. The van der Waals surface area contributed by atoms with E-state index < -0.39 is 49.3 Å². The van der Waals surface area contributed by atoms with Crippen molar-refractivity contribution in [1.29, 1.82) is 0 Å². The molecule has 0 saturated heterocycles. The number of rotatable bonds is 21. The van der Waals surface area contributed by atoms with Crippen molar-refractivity contribution < 1.29 is 55.6 Å². The van der Waals surface area contributed by atoms with E-state index in [1.54, 1.807) is 0 Å². The van der Waals surface area contributed by atoms with Gasteiger partial charge in [-0.15, -0.1) is 0 Å². The lowest BCUT2D eigenvalue weighted by Gasteiger charge is -2.13. The summed E-state index contributed by atoms with van der Waals surface area (Å²) >= 11 is 0. The van der Waals surface area contributed by atoms with Gasteiger partial charge < -0.3 is 19.7 Å². The third-order valence-electron chi connectivity index (χ3n) is 5.75. The summed E-state index contributed by atoms with van der Waals surface area (Å²) in [6.45, 7) is 4.54. The maximum atomic E-state index is 12.0. The lowest BCUT2D eigenvalue weighted by atomic mass is 10.1. The highest BCUT2D eigenvalue weighted by atomic mass is 19.4. The lowest BCUT2D eigenvalue weighted by molar-refractivity contribution is -0.209. The Morgan fingerprint density at radius 2 is 0.795 bits per heavy atom. The van der Waals surface area contributed by atoms with Crippen LogP contribution in [0.1, 0.15) is 123 Å². The molecule has 2 unspecified atom stereocenters. The molecular formula is C27H48F6O6. The topological polar surface area (TPSA) is 93.1 Å². The number of esters is 2. The van der Waals surface area contributed by atoms with Crippen LogP contribution in [0.2, 0.25) is 0 Å². The molecule has 0 amide bonds. The number of unbranched alkanes of at least 4 members (excludes halogenated alkanes) is 13. The molecule has 0 aliphatic heterocycles. The predicted molar refractivity (Wildman–Crippen MR) is 136 cm³/mol. The third kappa shape index (κ3) is 27.8. The zero-order valence-corrected chi connectivity index (χ0v) is 23.4. The first-order chi connectivity index (χ1) is 18.3. The minimum absolute atomic E-state index is 0.122. The molecule has 0 saturated carbocycles. The van der Waals surface area contributed by atoms with Gasteiger partial charge >= 0.3 is 24.3 Å². The van der Waals surface area contributed by atoms with E-state index in [-0.39, 0.29) is 13.2 Å². The van der Waals surface area contributed by atoms with Crippen molar-refractivity contribution >= 4 is 11.9 Å². The largest absolute Gasteiger partial charge is 0.466 e. The van der Waals surface area contributed by atoms with Gasteiger partial charge in [0.15, 0.2) is 12.2 Å². The van der Waals surface area contributed by atoms with Crippen molar-refractivity contribution in [2.75, 3.05) is 13.2 Å². The molecule has 0 radical (unpaired) electrons. The first-order valence-corrected chi connectivity index (χ1v) is 14.1. The van der Waals surface area contributed by atoms with Crippen LogP contribution in [-0.4, -0.2) is 59.9 Å². The van der Waals surface area contributed by atoms with Crippen LogP contribution in [0, 0.1) is 0 Å². The van der Waals surface area contributed by atoms with Gasteiger partial charge in [0.2, 0.25) is 0 Å². The molecule has 6 nitrogen and oxygen atoms in total. The van der Waals surface area contributed by atoms with Crippen LogP contribution in [0.15, 0.2) is 0 Å². The molecule has 0 fully saturated rings. The van der Waals surface area contributed by atoms with Gasteiger partial charge in [0.1, 0.15) is 0 Å². The monoisotopic (exact) mass is 582 g/mol. The van der Waals surface area contributed by atoms with Crippen molar-refractivity contribution in [2.45, 2.75) is 148 Å². The van der Waals surface area contributed by atoms with E-state index >= 15 is 0 Å². The SMILES string of the molecule is CCCCCCCCCCOC(=O)CC(O)C(F)(F)F.CCCCCCCCCOC(=O)CC(O)C(F)(F)F. The zero-order valence-electron chi connectivity index (χ0n) is 23.4. The molecule has 0 aliphatic carbocycles. The molecule has 12 heteroatoms.